The predicted molar refractivity (Wildman–Crippen MR) is 130 cm³/mol. The molecule has 2 aliphatic heterocycles. The second kappa shape index (κ2) is 9.19. The van der Waals surface area contributed by atoms with Gasteiger partial charge in [-0.1, -0.05) is 60.7 Å². The van der Waals surface area contributed by atoms with Crippen molar-refractivity contribution in [3.8, 4) is 0 Å². The lowest BCUT2D eigenvalue weighted by atomic mass is 9.77. The topological polar surface area (TPSA) is 71.3 Å². The maximum absolute atomic E-state index is 12.5. The normalized spacial score (nSPS) is 24.6. The molecule has 0 spiro atoms. The molecular weight excluding hydrogens is 434 g/mol. The quantitative estimate of drug-likeness (QED) is 0.481. The molecule has 3 aliphatic rings. The number of benzene rings is 2. The Balaban J connectivity index is 1.54. The van der Waals surface area contributed by atoms with Gasteiger partial charge in [-0.25, -0.2) is 9.80 Å². The molecule has 5 rings (SSSR count). The van der Waals surface area contributed by atoms with Crippen LogP contribution >= 0.6 is 11.8 Å². The van der Waals surface area contributed by atoms with Crippen molar-refractivity contribution in [2.24, 2.45) is 16.0 Å². The summed E-state index contributed by atoms with van der Waals surface area (Å²) in [6.07, 6.45) is 6.46. The molecule has 2 heterocycles. The number of hydrazone groups is 1. The first-order chi connectivity index (χ1) is 16.1. The van der Waals surface area contributed by atoms with Crippen molar-refractivity contribution in [3.05, 3.63) is 88.3 Å². The summed E-state index contributed by atoms with van der Waals surface area (Å²) in [5, 5.41) is 7.40. The highest BCUT2D eigenvalue weighted by molar-refractivity contribution is 8.18. The molecular formula is C26H23N3O3S. The highest BCUT2D eigenvalue weighted by atomic mass is 32.2. The van der Waals surface area contributed by atoms with E-state index in [-0.39, 0.29) is 16.9 Å². The number of hydrogen-bond acceptors (Lipinski definition) is 6. The summed E-state index contributed by atoms with van der Waals surface area (Å²) in [5.41, 5.74) is 4.56. The first kappa shape index (κ1) is 21.4. The Morgan fingerprint density at radius 2 is 1.85 bits per heavy atom. The molecule has 1 aliphatic carbocycles. The summed E-state index contributed by atoms with van der Waals surface area (Å²) < 4.78 is 4.68. The lowest BCUT2D eigenvalue weighted by Gasteiger charge is -2.30. The molecule has 0 aromatic heterocycles. The SMILES string of the molecule is COC(=O)/C=C1\SC(N2N=C3/C(=C\c4ccccc4)CCC[C@@H]3[C@H]2c2ccccc2)=NC1=O. The number of amides is 1. The van der Waals surface area contributed by atoms with Crippen LogP contribution in [0.1, 0.15) is 36.4 Å². The summed E-state index contributed by atoms with van der Waals surface area (Å²) in [6, 6.07) is 20.4. The molecule has 7 heteroatoms. The summed E-state index contributed by atoms with van der Waals surface area (Å²) in [5.74, 6) is -0.818. The lowest BCUT2D eigenvalue weighted by Crippen LogP contribution is -2.30. The first-order valence-electron chi connectivity index (χ1n) is 10.9. The monoisotopic (exact) mass is 457 g/mol. The second-order valence-electron chi connectivity index (χ2n) is 8.10. The zero-order valence-electron chi connectivity index (χ0n) is 18.2. The Bertz CT molecular complexity index is 1200. The number of carbonyl (C=O) groups excluding carboxylic acids is 2. The fourth-order valence-corrected chi connectivity index (χ4v) is 5.42. The van der Waals surface area contributed by atoms with Gasteiger partial charge in [0.25, 0.3) is 5.91 Å². The molecule has 2 aromatic carbocycles. The number of rotatable bonds is 3. The Labute approximate surface area is 196 Å². The number of allylic oxidation sites excluding steroid dienone is 1. The minimum absolute atomic E-state index is 0.0581. The van der Waals surface area contributed by atoms with Crippen LogP contribution < -0.4 is 0 Å². The molecule has 0 N–H and O–H groups in total. The maximum atomic E-state index is 12.5. The number of nitrogens with zero attached hydrogens (tertiary/aromatic N) is 3. The highest BCUT2D eigenvalue weighted by Crippen LogP contribution is 2.46. The van der Waals surface area contributed by atoms with E-state index in [9.17, 15) is 9.59 Å². The molecule has 0 saturated heterocycles. The molecule has 1 amide bonds. The van der Waals surface area contributed by atoms with Crippen molar-refractivity contribution in [2.45, 2.75) is 25.3 Å². The minimum Gasteiger partial charge on any atom is -0.466 e. The minimum atomic E-state index is -0.573. The maximum Gasteiger partial charge on any atom is 0.331 e. The van der Waals surface area contributed by atoms with Gasteiger partial charge in [-0.05, 0) is 53.8 Å². The number of thioether (sulfide) groups is 1. The van der Waals surface area contributed by atoms with Gasteiger partial charge in [0.1, 0.15) is 0 Å². The van der Waals surface area contributed by atoms with E-state index in [2.05, 4.69) is 40.1 Å². The third-order valence-electron chi connectivity index (χ3n) is 6.04. The Kier molecular flexibility index (Phi) is 5.96. The van der Waals surface area contributed by atoms with Crippen LogP contribution in [0.4, 0.5) is 0 Å². The summed E-state index contributed by atoms with van der Waals surface area (Å²) >= 11 is 1.17. The van der Waals surface area contributed by atoms with Gasteiger partial charge in [0, 0.05) is 12.0 Å². The lowest BCUT2D eigenvalue weighted by molar-refractivity contribution is -0.135. The van der Waals surface area contributed by atoms with Crippen LogP contribution in [0.15, 0.2) is 87.3 Å². The molecule has 0 bridgehead atoms. The van der Waals surface area contributed by atoms with Gasteiger partial charge in [0.15, 0.2) is 5.17 Å². The number of carbonyl (C=O) groups is 2. The fourth-order valence-electron chi connectivity index (χ4n) is 4.55. The number of hydrogen-bond donors (Lipinski definition) is 0. The third kappa shape index (κ3) is 4.28. The number of amidine groups is 1. The van der Waals surface area contributed by atoms with Crippen LogP contribution in [0.25, 0.3) is 6.08 Å². The van der Waals surface area contributed by atoms with Crippen LogP contribution in [0.3, 0.4) is 0 Å². The number of aliphatic imine (C=N–C) groups is 1. The smallest absolute Gasteiger partial charge is 0.331 e. The van der Waals surface area contributed by atoms with Crippen molar-refractivity contribution in [2.75, 3.05) is 7.11 Å². The average Bonchev–Trinajstić information content (AvgIpc) is 3.41. The van der Waals surface area contributed by atoms with Crippen LogP contribution in [0.5, 0.6) is 0 Å². The van der Waals surface area contributed by atoms with Gasteiger partial charge < -0.3 is 4.74 Å². The molecule has 0 radical (unpaired) electrons. The standard InChI is InChI=1S/C26H23N3O3S/c1-32-22(30)16-21-25(31)27-26(33-21)29-24(18-11-6-3-7-12-18)20-14-8-13-19(23(20)28-29)15-17-9-4-2-5-10-17/h2-7,9-12,15-16,20,24H,8,13-14H2,1H3/b19-15-,21-16-/t20-,24+/m0/s1. The molecule has 2 aromatic rings. The van der Waals surface area contributed by atoms with Gasteiger partial charge >= 0.3 is 5.97 Å². The number of esters is 1. The van der Waals surface area contributed by atoms with E-state index >= 15 is 0 Å². The van der Waals surface area contributed by atoms with Crippen molar-refractivity contribution >= 4 is 40.6 Å². The molecule has 2 atom stereocenters. The molecule has 0 unspecified atom stereocenters. The van der Waals surface area contributed by atoms with E-state index in [1.165, 1.54) is 30.5 Å². The summed E-state index contributed by atoms with van der Waals surface area (Å²) in [6.45, 7) is 0. The third-order valence-corrected chi connectivity index (χ3v) is 7.01. The van der Waals surface area contributed by atoms with E-state index in [0.717, 1.165) is 36.1 Å². The number of ether oxygens (including phenoxy) is 1. The largest absolute Gasteiger partial charge is 0.466 e. The molecule has 33 heavy (non-hydrogen) atoms. The van der Waals surface area contributed by atoms with Crippen molar-refractivity contribution in [1.29, 1.82) is 0 Å². The molecule has 166 valence electrons. The molecule has 1 fully saturated rings. The summed E-state index contributed by atoms with van der Waals surface area (Å²) in [4.78, 5) is 28.7. The van der Waals surface area contributed by atoms with Crippen LogP contribution in [-0.4, -0.2) is 34.9 Å². The van der Waals surface area contributed by atoms with E-state index in [1.54, 1.807) is 0 Å². The number of fused-ring (bicyclic) bond motifs is 1. The van der Waals surface area contributed by atoms with Gasteiger partial charge in [-0.15, -0.1) is 0 Å². The molecule has 6 nitrogen and oxygen atoms in total. The highest BCUT2D eigenvalue weighted by Gasteiger charge is 2.44. The van der Waals surface area contributed by atoms with Gasteiger partial charge in [-0.3, -0.25) is 4.79 Å². The summed E-state index contributed by atoms with van der Waals surface area (Å²) in [7, 11) is 1.29. The predicted octanol–water partition coefficient (Wildman–Crippen LogP) is 4.97. The van der Waals surface area contributed by atoms with Crippen LogP contribution in [-0.2, 0) is 14.3 Å². The Morgan fingerprint density at radius 3 is 2.58 bits per heavy atom. The number of methoxy groups -OCH3 is 1. The van der Waals surface area contributed by atoms with Crippen molar-refractivity contribution in [1.82, 2.24) is 5.01 Å². The van der Waals surface area contributed by atoms with E-state index in [1.807, 2.05) is 41.4 Å². The molecule has 1 saturated carbocycles. The van der Waals surface area contributed by atoms with Gasteiger partial charge in [0.05, 0.1) is 23.8 Å². The van der Waals surface area contributed by atoms with Crippen molar-refractivity contribution in [3.63, 3.8) is 0 Å². The Hall–Kier alpha value is -3.45. The van der Waals surface area contributed by atoms with Gasteiger partial charge in [-0.2, -0.15) is 10.1 Å². The van der Waals surface area contributed by atoms with E-state index < -0.39 is 11.9 Å². The fraction of sp³-hybridized carbons (Fsp3) is 0.231. The van der Waals surface area contributed by atoms with E-state index in [0.29, 0.717) is 5.17 Å². The van der Waals surface area contributed by atoms with Gasteiger partial charge in [0.2, 0.25) is 0 Å². The Morgan fingerprint density at radius 1 is 1.12 bits per heavy atom. The van der Waals surface area contributed by atoms with E-state index in [4.69, 9.17) is 5.10 Å². The van der Waals surface area contributed by atoms with Crippen LogP contribution in [0, 0.1) is 5.92 Å². The average molecular weight is 458 g/mol. The van der Waals surface area contributed by atoms with Crippen LogP contribution in [0.2, 0.25) is 0 Å². The second-order valence-corrected chi connectivity index (χ2v) is 9.11. The zero-order valence-corrected chi connectivity index (χ0v) is 19.0. The first-order valence-corrected chi connectivity index (χ1v) is 11.7. The van der Waals surface area contributed by atoms with Crippen molar-refractivity contribution < 1.29 is 14.3 Å². The zero-order chi connectivity index (χ0) is 22.8.